The van der Waals surface area contributed by atoms with Crippen LogP contribution in [0.1, 0.15) is 37.9 Å². The smallest absolute Gasteiger partial charge is 0.411 e. The van der Waals surface area contributed by atoms with Gasteiger partial charge in [-0.05, 0) is 31.9 Å². The Morgan fingerprint density at radius 3 is 2.32 bits per heavy atom. The molecular weight excluding hydrogens is 364 g/mol. The second kappa shape index (κ2) is 8.51. The second-order valence-electron chi connectivity index (χ2n) is 7.19. The third-order valence-electron chi connectivity index (χ3n) is 3.76. The number of hydrogen-bond acceptors (Lipinski definition) is 5. The molecule has 2 aromatic rings. The van der Waals surface area contributed by atoms with Crippen LogP contribution in [-0.4, -0.2) is 32.6 Å². The number of amides is 1. The number of nitrogens with zero attached hydrogens (tertiary/aromatic N) is 2. The molecule has 2 rings (SSSR count). The van der Waals surface area contributed by atoms with Crippen LogP contribution < -0.4 is 0 Å². The van der Waals surface area contributed by atoms with Crippen LogP contribution in [0.2, 0.25) is 0 Å². The number of nitro benzene ring substituents is 1. The predicted molar refractivity (Wildman–Crippen MR) is 102 cm³/mol. The number of benzene rings is 2. The maximum Gasteiger partial charge on any atom is 0.411 e. The van der Waals surface area contributed by atoms with Crippen molar-refractivity contribution in [3.8, 4) is 0 Å². The van der Waals surface area contributed by atoms with Crippen LogP contribution in [0.5, 0.6) is 0 Å². The molecular formula is C20H22N2O6. The van der Waals surface area contributed by atoms with Gasteiger partial charge in [-0.1, -0.05) is 42.5 Å². The first-order valence-corrected chi connectivity index (χ1v) is 8.59. The Bertz CT molecular complexity index is 860. The number of non-ortho nitro benzene ring substituents is 1. The lowest BCUT2D eigenvalue weighted by Crippen LogP contribution is -2.41. The van der Waals surface area contributed by atoms with Crippen molar-refractivity contribution in [3.63, 3.8) is 0 Å². The zero-order valence-corrected chi connectivity index (χ0v) is 15.9. The molecule has 0 unspecified atom stereocenters. The highest BCUT2D eigenvalue weighted by Crippen LogP contribution is 2.27. The molecule has 0 aliphatic carbocycles. The minimum absolute atomic E-state index is 0.145. The molecule has 0 aliphatic heterocycles. The van der Waals surface area contributed by atoms with Gasteiger partial charge in [-0.2, -0.15) is 0 Å². The maximum atomic E-state index is 12.8. The van der Waals surface area contributed by atoms with Crippen molar-refractivity contribution >= 4 is 17.7 Å². The highest BCUT2D eigenvalue weighted by Gasteiger charge is 2.34. The Labute approximate surface area is 162 Å². The molecule has 0 fully saturated rings. The first kappa shape index (κ1) is 20.9. The third kappa shape index (κ3) is 5.54. The van der Waals surface area contributed by atoms with Gasteiger partial charge in [-0.25, -0.2) is 9.59 Å². The fourth-order valence-corrected chi connectivity index (χ4v) is 2.64. The molecule has 0 saturated heterocycles. The monoisotopic (exact) mass is 386 g/mol. The molecule has 1 N–H and O–H groups in total. The minimum atomic E-state index is -1.31. The number of carbonyl (C=O) groups is 2. The summed E-state index contributed by atoms with van der Waals surface area (Å²) in [6.45, 7) is 4.86. The second-order valence-corrected chi connectivity index (χ2v) is 7.19. The summed E-state index contributed by atoms with van der Waals surface area (Å²) in [4.78, 5) is 36.4. The van der Waals surface area contributed by atoms with E-state index in [1.807, 2.05) is 0 Å². The zero-order chi connectivity index (χ0) is 20.9. The molecule has 0 saturated carbocycles. The minimum Gasteiger partial charge on any atom is -0.479 e. The van der Waals surface area contributed by atoms with Crippen molar-refractivity contribution < 1.29 is 24.4 Å². The summed E-state index contributed by atoms with van der Waals surface area (Å²) in [5, 5.41) is 20.8. The quantitative estimate of drug-likeness (QED) is 0.590. The van der Waals surface area contributed by atoms with E-state index in [1.54, 1.807) is 57.2 Å². The van der Waals surface area contributed by atoms with E-state index in [2.05, 4.69) is 0 Å². The zero-order valence-electron chi connectivity index (χ0n) is 15.9. The molecule has 8 heteroatoms. The van der Waals surface area contributed by atoms with Gasteiger partial charge in [-0.15, -0.1) is 0 Å². The van der Waals surface area contributed by atoms with Crippen molar-refractivity contribution in [1.82, 2.24) is 4.90 Å². The number of carbonyl (C=O) groups excluding carboxylic acids is 1. The first-order chi connectivity index (χ1) is 13.1. The lowest BCUT2D eigenvalue weighted by Gasteiger charge is -2.31. The number of nitro groups is 1. The number of carboxylic acids is 1. The predicted octanol–water partition coefficient (Wildman–Crippen LogP) is 4.16. The highest BCUT2D eigenvalue weighted by atomic mass is 16.6. The first-order valence-electron chi connectivity index (χ1n) is 8.59. The molecule has 8 nitrogen and oxygen atoms in total. The fraction of sp³-hybridized carbons (Fsp3) is 0.300. The number of rotatable bonds is 6. The standard InChI is InChI=1S/C20H22N2O6/c1-20(2,3)28-19(25)21(13-14-8-7-11-16(12-14)22(26)27)17(18(23)24)15-9-5-4-6-10-15/h4-12,17H,13H2,1-3H3,(H,23,24)/t17-/m0/s1. The Balaban J connectivity index is 2.46. The lowest BCUT2D eigenvalue weighted by molar-refractivity contribution is -0.384. The number of ether oxygens (including phenoxy) is 1. The van der Waals surface area contributed by atoms with Crippen molar-refractivity contribution in [1.29, 1.82) is 0 Å². The van der Waals surface area contributed by atoms with Crippen LogP contribution in [0.4, 0.5) is 10.5 Å². The average Bonchev–Trinajstić information content (AvgIpc) is 2.60. The Kier molecular flexibility index (Phi) is 6.35. The normalized spacial score (nSPS) is 12.1. The van der Waals surface area contributed by atoms with E-state index in [-0.39, 0.29) is 12.2 Å². The van der Waals surface area contributed by atoms with Crippen molar-refractivity contribution in [2.75, 3.05) is 0 Å². The molecule has 0 radical (unpaired) electrons. The van der Waals surface area contributed by atoms with E-state index < -0.39 is 28.6 Å². The molecule has 1 amide bonds. The van der Waals surface area contributed by atoms with Gasteiger partial charge >= 0.3 is 12.1 Å². The SMILES string of the molecule is CC(C)(C)OC(=O)N(Cc1cccc([N+](=O)[O-])c1)[C@H](C(=O)O)c1ccccc1. The molecule has 0 aromatic heterocycles. The molecule has 0 spiro atoms. The summed E-state index contributed by atoms with van der Waals surface area (Å²) in [6, 6.07) is 12.7. The summed E-state index contributed by atoms with van der Waals surface area (Å²) >= 11 is 0. The Hall–Kier alpha value is -3.42. The Morgan fingerprint density at radius 2 is 1.79 bits per heavy atom. The van der Waals surface area contributed by atoms with Crippen molar-refractivity contribution in [2.24, 2.45) is 0 Å². The van der Waals surface area contributed by atoms with E-state index in [1.165, 1.54) is 18.2 Å². The lowest BCUT2D eigenvalue weighted by atomic mass is 10.0. The molecule has 0 bridgehead atoms. The molecule has 0 heterocycles. The number of hydrogen-bond donors (Lipinski definition) is 1. The summed E-state index contributed by atoms with van der Waals surface area (Å²) in [6.07, 6.45) is -0.824. The number of carboxylic acid groups (broad SMARTS) is 1. The van der Waals surface area contributed by atoms with Crippen molar-refractivity contribution in [2.45, 2.75) is 39.0 Å². The van der Waals surface area contributed by atoms with Crippen LogP contribution in [0.25, 0.3) is 0 Å². The molecule has 1 atom stereocenters. The van der Waals surface area contributed by atoms with E-state index in [9.17, 15) is 24.8 Å². The van der Waals surface area contributed by atoms with Gasteiger partial charge in [-0.3, -0.25) is 15.0 Å². The average molecular weight is 386 g/mol. The maximum absolute atomic E-state index is 12.8. The third-order valence-corrected chi connectivity index (χ3v) is 3.76. The summed E-state index contributed by atoms with van der Waals surface area (Å²) in [5.41, 5.74) is -0.167. The summed E-state index contributed by atoms with van der Waals surface area (Å²) < 4.78 is 5.39. The topological polar surface area (TPSA) is 110 Å². The van der Waals surface area contributed by atoms with Gasteiger partial charge in [0.15, 0.2) is 6.04 Å². The van der Waals surface area contributed by atoms with Gasteiger partial charge in [0, 0.05) is 12.1 Å². The Morgan fingerprint density at radius 1 is 1.14 bits per heavy atom. The van der Waals surface area contributed by atoms with E-state index >= 15 is 0 Å². The molecule has 0 aliphatic rings. The highest BCUT2D eigenvalue weighted by molar-refractivity contribution is 5.81. The molecule has 28 heavy (non-hydrogen) atoms. The van der Waals surface area contributed by atoms with E-state index in [0.29, 0.717) is 11.1 Å². The van der Waals surface area contributed by atoms with Crippen LogP contribution in [0, 0.1) is 10.1 Å². The van der Waals surface area contributed by atoms with Gasteiger partial charge < -0.3 is 9.84 Å². The van der Waals surface area contributed by atoms with Crippen molar-refractivity contribution in [3.05, 3.63) is 75.8 Å². The largest absolute Gasteiger partial charge is 0.479 e. The van der Waals surface area contributed by atoms with Gasteiger partial charge in [0.2, 0.25) is 0 Å². The van der Waals surface area contributed by atoms with E-state index in [0.717, 1.165) is 4.90 Å². The molecule has 2 aromatic carbocycles. The summed E-state index contributed by atoms with van der Waals surface area (Å²) in [7, 11) is 0. The van der Waals surface area contributed by atoms with Crippen LogP contribution in [0.15, 0.2) is 54.6 Å². The summed E-state index contributed by atoms with van der Waals surface area (Å²) in [5.74, 6) is -1.23. The number of aliphatic carboxylic acids is 1. The van der Waals surface area contributed by atoms with Crippen LogP contribution in [0.3, 0.4) is 0 Å². The van der Waals surface area contributed by atoms with Gasteiger partial charge in [0.05, 0.1) is 11.5 Å². The van der Waals surface area contributed by atoms with Crippen LogP contribution in [-0.2, 0) is 16.1 Å². The van der Waals surface area contributed by atoms with Gasteiger partial charge in [0.25, 0.3) is 5.69 Å². The van der Waals surface area contributed by atoms with Crippen LogP contribution >= 0.6 is 0 Å². The molecule has 148 valence electrons. The van der Waals surface area contributed by atoms with Gasteiger partial charge in [0.1, 0.15) is 5.60 Å². The fourth-order valence-electron chi connectivity index (χ4n) is 2.64. The van der Waals surface area contributed by atoms with E-state index in [4.69, 9.17) is 4.74 Å².